The summed E-state index contributed by atoms with van der Waals surface area (Å²) in [4.78, 5) is 11.3. The summed E-state index contributed by atoms with van der Waals surface area (Å²) in [5, 5.41) is 18.7. The van der Waals surface area contributed by atoms with Gasteiger partial charge in [0, 0.05) is 12.0 Å². The monoisotopic (exact) mass is 153 g/mol. The molecule has 1 unspecified atom stereocenters. The van der Waals surface area contributed by atoms with Crippen LogP contribution in [0.15, 0.2) is 11.8 Å². The van der Waals surface area contributed by atoms with Gasteiger partial charge in [0.15, 0.2) is 0 Å². The lowest BCUT2D eigenvalue weighted by Crippen LogP contribution is -2.32. The highest BCUT2D eigenvalue weighted by Gasteiger charge is 2.31. The zero-order valence-corrected chi connectivity index (χ0v) is 6.02. The molecule has 0 N–H and O–H groups in total. The summed E-state index contributed by atoms with van der Waals surface area (Å²) in [5.41, 5.74) is 0.381. The lowest BCUT2D eigenvalue weighted by atomic mass is 10.4. The Hall–Kier alpha value is -1.57. The van der Waals surface area contributed by atoms with Crippen LogP contribution in [0, 0.1) is 21.4 Å². The second-order valence-corrected chi connectivity index (χ2v) is 2.31. The number of hydrogen-bond acceptors (Lipinski definition) is 4. The van der Waals surface area contributed by atoms with Gasteiger partial charge in [-0.3, -0.25) is 10.1 Å². The van der Waals surface area contributed by atoms with E-state index in [2.05, 4.69) is 0 Å². The molecule has 0 fully saturated rings. The van der Waals surface area contributed by atoms with E-state index < -0.39 is 6.17 Å². The predicted molar refractivity (Wildman–Crippen MR) is 36.9 cm³/mol. The molecule has 0 amide bonds. The van der Waals surface area contributed by atoms with E-state index in [9.17, 15) is 10.1 Å². The van der Waals surface area contributed by atoms with Crippen molar-refractivity contribution in [2.75, 3.05) is 7.05 Å². The maximum absolute atomic E-state index is 10.3. The molecular weight excluding hydrogens is 146 g/mol. The molecule has 0 aliphatic carbocycles. The molecule has 11 heavy (non-hydrogen) atoms. The van der Waals surface area contributed by atoms with Gasteiger partial charge in [-0.25, -0.2) is 0 Å². The van der Waals surface area contributed by atoms with Crippen molar-refractivity contribution < 1.29 is 4.92 Å². The van der Waals surface area contributed by atoms with Gasteiger partial charge < -0.3 is 4.90 Å². The molecule has 0 radical (unpaired) electrons. The van der Waals surface area contributed by atoms with Gasteiger partial charge >= 0.3 is 0 Å². The molecular formula is C6H7N3O2. The first kappa shape index (κ1) is 7.54. The van der Waals surface area contributed by atoms with Crippen LogP contribution in [0.5, 0.6) is 0 Å². The van der Waals surface area contributed by atoms with Crippen molar-refractivity contribution in [3.05, 3.63) is 21.9 Å². The second kappa shape index (κ2) is 2.58. The minimum atomic E-state index is -0.746. The quantitative estimate of drug-likeness (QED) is 0.402. The average Bonchev–Trinajstić information content (AvgIpc) is 2.30. The topological polar surface area (TPSA) is 70.2 Å². The standard InChI is InChI=1S/C6H7N3O2/c1-8-5(4-7)2-3-6(8)9(10)11/h2,6H,3H2,1H3. The molecule has 1 rings (SSSR count). The third kappa shape index (κ3) is 1.15. The van der Waals surface area contributed by atoms with Crippen molar-refractivity contribution in [3.63, 3.8) is 0 Å². The van der Waals surface area contributed by atoms with Crippen molar-refractivity contribution in [3.8, 4) is 6.07 Å². The van der Waals surface area contributed by atoms with Gasteiger partial charge in [0.25, 0.3) is 6.17 Å². The van der Waals surface area contributed by atoms with Crippen LogP contribution in [0.1, 0.15) is 6.42 Å². The molecule has 5 nitrogen and oxygen atoms in total. The van der Waals surface area contributed by atoms with Gasteiger partial charge in [-0.1, -0.05) is 0 Å². The van der Waals surface area contributed by atoms with Crippen LogP contribution in [0.2, 0.25) is 0 Å². The van der Waals surface area contributed by atoms with Crippen molar-refractivity contribution in [1.29, 1.82) is 5.26 Å². The van der Waals surface area contributed by atoms with Crippen LogP contribution in [0.4, 0.5) is 0 Å². The fraction of sp³-hybridized carbons (Fsp3) is 0.500. The van der Waals surface area contributed by atoms with Crippen LogP contribution in [0.3, 0.4) is 0 Å². The Labute approximate surface area is 63.7 Å². The molecule has 58 valence electrons. The third-order valence-electron chi connectivity index (χ3n) is 1.71. The Morgan fingerprint density at radius 1 is 2.00 bits per heavy atom. The Morgan fingerprint density at radius 2 is 2.64 bits per heavy atom. The fourth-order valence-electron chi connectivity index (χ4n) is 1.03. The Kier molecular flexibility index (Phi) is 1.77. The molecule has 0 saturated heterocycles. The number of rotatable bonds is 1. The average molecular weight is 153 g/mol. The summed E-state index contributed by atoms with van der Waals surface area (Å²) < 4.78 is 0. The molecule has 0 bridgehead atoms. The normalized spacial score (nSPS) is 22.7. The number of nitriles is 1. The van der Waals surface area contributed by atoms with Gasteiger partial charge in [-0.15, -0.1) is 0 Å². The lowest BCUT2D eigenvalue weighted by Gasteiger charge is -2.14. The molecule has 5 heteroatoms. The molecule has 0 spiro atoms. The highest BCUT2D eigenvalue weighted by atomic mass is 16.6. The van der Waals surface area contributed by atoms with E-state index in [0.717, 1.165) is 0 Å². The molecule has 0 aromatic carbocycles. The van der Waals surface area contributed by atoms with E-state index in [0.29, 0.717) is 12.1 Å². The smallest absolute Gasteiger partial charge is 0.290 e. The van der Waals surface area contributed by atoms with E-state index in [1.807, 2.05) is 6.07 Å². The predicted octanol–water partition coefficient (Wildman–Crippen LogP) is 0.332. The number of nitrogens with zero attached hydrogens (tertiary/aromatic N) is 3. The maximum atomic E-state index is 10.3. The first-order chi connectivity index (χ1) is 5.16. The van der Waals surface area contributed by atoms with E-state index in [1.54, 1.807) is 13.1 Å². The summed E-state index contributed by atoms with van der Waals surface area (Å²) in [6, 6.07) is 1.88. The number of allylic oxidation sites excluding steroid dienone is 1. The lowest BCUT2D eigenvalue weighted by molar-refractivity contribution is -0.543. The minimum Gasteiger partial charge on any atom is -0.304 e. The van der Waals surface area contributed by atoms with Crippen LogP contribution < -0.4 is 0 Å². The first-order valence-electron chi connectivity index (χ1n) is 3.13. The summed E-state index contributed by atoms with van der Waals surface area (Å²) in [5.74, 6) is 0. The van der Waals surface area contributed by atoms with Gasteiger partial charge in [-0.2, -0.15) is 5.26 Å². The molecule has 1 atom stereocenters. The summed E-state index contributed by atoms with van der Waals surface area (Å²) >= 11 is 0. The van der Waals surface area contributed by atoms with Gasteiger partial charge in [0.05, 0.1) is 6.42 Å². The summed E-state index contributed by atoms with van der Waals surface area (Å²) in [6.45, 7) is 0. The maximum Gasteiger partial charge on any atom is 0.290 e. The fourth-order valence-corrected chi connectivity index (χ4v) is 1.03. The van der Waals surface area contributed by atoms with Crippen molar-refractivity contribution in [1.82, 2.24) is 4.90 Å². The SMILES string of the molecule is CN1C(C#N)=CCC1[N+](=O)[O-]. The van der Waals surface area contributed by atoms with E-state index in [4.69, 9.17) is 5.26 Å². The van der Waals surface area contributed by atoms with Crippen molar-refractivity contribution >= 4 is 0 Å². The van der Waals surface area contributed by atoms with Crippen molar-refractivity contribution in [2.45, 2.75) is 12.6 Å². The molecule has 1 aliphatic heterocycles. The molecule has 0 saturated carbocycles. The highest BCUT2D eigenvalue weighted by Crippen LogP contribution is 2.18. The highest BCUT2D eigenvalue weighted by molar-refractivity contribution is 5.23. The number of hydrogen-bond donors (Lipinski definition) is 0. The van der Waals surface area contributed by atoms with E-state index >= 15 is 0 Å². The Bertz CT molecular complexity index is 253. The molecule has 0 aromatic heterocycles. The van der Waals surface area contributed by atoms with Crippen LogP contribution in [-0.4, -0.2) is 23.0 Å². The van der Waals surface area contributed by atoms with E-state index in [1.165, 1.54) is 4.90 Å². The van der Waals surface area contributed by atoms with Gasteiger partial charge in [-0.05, 0) is 6.08 Å². The van der Waals surface area contributed by atoms with Crippen LogP contribution >= 0.6 is 0 Å². The van der Waals surface area contributed by atoms with Crippen LogP contribution in [-0.2, 0) is 0 Å². The van der Waals surface area contributed by atoms with Gasteiger partial charge in [0.2, 0.25) is 0 Å². The Morgan fingerprint density at radius 3 is 2.91 bits per heavy atom. The zero-order valence-electron chi connectivity index (χ0n) is 6.02. The molecule has 1 aliphatic rings. The van der Waals surface area contributed by atoms with Crippen LogP contribution in [0.25, 0.3) is 0 Å². The largest absolute Gasteiger partial charge is 0.304 e. The first-order valence-corrected chi connectivity index (χ1v) is 3.13. The third-order valence-corrected chi connectivity index (χ3v) is 1.71. The van der Waals surface area contributed by atoms with E-state index in [-0.39, 0.29) is 4.92 Å². The summed E-state index contributed by atoms with van der Waals surface area (Å²) in [7, 11) is 1.55. The van der Waals surface area contributed by atoms with Crippen molar-refractivity contribution in [2.24, 2.45) is 0 Å². The van der Waals surface area contributed by atoms with Gasteiger partial charge in [0.1, 0.15) is 11.8 Å². The minimum absolute atomic E-state index is 0.326. The Balaban J connectivity index is 2.73. The second-order valence-electron chi connectivity index (χ2n) is 2.31. The molecule has 1 heterocycles. The summed E-state index contributed by atoms with van der Waals surface area (Å²) in [6.07, 6.45) is 1.16. The molecule has 0 aromatic rings. The number of nitro groups is 1. The zero-order chi connectivity index (χ0) is 8.43.